The molecule has 3 aromatic carbocycles. The van der Waals surface area contributed by atoms with E-state index in [1.165, 1.54) is 24.3 Å². The Morgan fingerprint density at radius 2 is 1.65 bits per heavy atom. The predicted molar refractivity (Wildman–Crippen MR) is 153 cm³/mol. The monoisotopic (exact) mass is 577 g/mol. The Morgan fingerprint density at radius 1 is 1.02 bits per heavy atom. The number of fused-ring (bicyclic) bond motifs is 2. The van der Waals surface area contributed by atoms with Gasteiger partial charge in [0.25, 0.3) is 11.6 Å². The predicted octanol–water partition coefficient (Wildman–Crippen LogP) is 5.89. The summed E-state index contributed by atoms with van der Waals surface area (Å²) in [6, 6.07) is 23.7. The summed E-state index contributed by atoms with van der Waals surface area (Å²) >= 11 is 0. The Labute approximate surface area is 247 Å². The number of nitro groups is 1. The van der Waals surface area contributed by atoms with Crippen LogP contribution in [0.15, 0.2) is 90.5 Å². The van der Waals surface area contributed by atoms with Crippen LogP contribution in [0.3, 0.4) is 0 Å². The lowest BCUT2D eigenvalue weighted by Gasteiger charge is -2.35. The van der Waals surface area contributed by atoms with E-state index in [0.717, 1.165) is 9.96 Å². The standard InChI is InChI=1S/C32H27N5O6/c1-31(2,3)43-30(39)35-26-15-8-7-14-24(26)32(29(35)38)25(16-20(18-33)19-34)27(22-12-9-13-23(17-22)37(41)42)28(36(32)40)21-10-5-4-6-11-21/h4-17,25,27-28,40H,1-3H3/t25-,27-,28+,32-/m1/s1. The average molecular weight is 578 g/mol. The Hall–Kier alpha value is -5.36. The van der Waals surface area contributed by atoms with E-state index in [1.54, 1.807) is 81.4 Å². The van der Waals surface area contributed by atoms with Gasteiger partial charge in [-0.1, -0.05) is 60.7 Å². The van der Waals surface area contributed by atoms with E-state index in [9.17, 15) is 35.4 Å². The number of para-hydroxylation sites is 1. The first-order valence-electron chi connectivity index (χ1n) is 13.4. The molecular weight excluding hydrogens is 550 g/mol. The molecule has 0 aliphatic carbocycles. The van der Waals surface area contributed by atoms with Gasteiger partial charge in [0.2, 0.25) is 0 Å². The van der Waals surface area contributed by atoms with Crippen LogP contribution in [-0.2, 0) is 15.1 Å². The minimum Gasteiger partial charge on any atom is -0.443 e. The summed E-state index contributed by atoms with van der Waals surface area (Å²) in [6.07, 6.45) is 0.344. The number of carbonyl (C=O) groups is 2. The van der Waals surface area contributed by atoms with Crippen LogP contribution < -0.4 is 4.90 Å². The molecule has 2 aliphatic rings. The molecule has 0 bridgehead atoms. The summed E-state index contributed by atoms with van der Waals surface area (Å²) in [6.45, 7) is 4.97. The highest BCUT2D eigenvalue weighted by molar-refractivity contribution is 6.21. The van der Waals surface area contributed by atoms with Crippen LogP contribution in [0, 0.1) is 38.7 Å². The zero-order valence-corrected chi connectivity index (χ0v) is 23.5. The third-order valence-corrected chi connectivity index (χ3v) is 7.69. The second kappa shape index (κ2) is 10.8. The Balaban J connectivity index is 1.86. The first kappa shape index (κ1) is 29.1. The van der Waals surface area contributed by atoms with Crippen LogP contribution in [0.1, 0.15) is 49.4 Å². The zero-order valence-electron chi connectivity index (χ0n) is 23.5. The highest BCUT2D eigenvalue weighted by Crippen LogP contribution is 2.63. The summed E-state index contributed by atoms with van der Waals surface area (Å²) in [5, 5.41) is 44.5. The lowest BCUT2D eigenvalue weighted by Crippen LogP contribution is -2.53. The summed E-state index contributed by atoms with van der Waals surface area (Å²) in [4.78, 5) is 40.4. The van der Waals surface area contributed by atoms with Crippen molar-refractivity contribution in [3.8, 4) is 12.1 Å². The molecule has 0 radical (unpaired) electrons. The summed E-state index contributed by atoms with van der Waals surface area (Å²) in [5.41, 5.74) is -2.16. The zero-order chi connectivity index (χ0) is 31.1. The number of hydroxylamine groups is 2. The van der Waals surface area contributed by atoms with Gasteiger partial charge in [-0.25, -0.2) is 9.69 Å². The van der Waals surface area contributed by atoms with Crippen molar-refractivity contribution in [2.24, 2.45) is 5.92 Å². The van der Waals surface area contributed by atoms with Gasteiger partial charge in [0, 0.05) is 29.5 Å². The average Bonchev–Trinajstić information content (AvgIpc) is 3.39. The van der Waals surface area contributed by atoms with Gasteiger partial charge in [-0.3, -0.25) is 14.9 Å². The van der Waals surface area contributed by atoms with Crippen molar-refractivity contribution in [1.29, 1.82) is 10.5 Å². The molecule has 2 aliphatic heterocycles. The molecular formula is C32H27N5O6. The van der Waals surface area contributed by atoms with Gasteiger partial charge in [-0.05, 0) is 44.0 Å². The van der Waals surface area contributed by atoms with Crippen LogP contribution in [0.2, 0.25) is 0 Å². The second-order valence-corrected chi connectivity index (χ2v) is 11.3. The van der Waals surface area contributed by atoms with Crippen molar-refractivity contribution in [2.45, 2.75) is 43.9 Å². The number of nitro benzene ring substituents is 1. The van der Waals surface area contributed by atoms with E-state index in [1.807, 2.05) is 12.1 Å². The fourth-order valence-electron chi connectivity index (χ4n) is 6.14. The van der Waals surface area contributed by atoms with Crippen molar-refractivity contribution in [3.63, 3.8) is 0 Å². The molecule has 2 heterocycles. The molecule has 1 spiro atoms. The Bertz CT molecular complexity index is 1720. The molecule has 0 unspecified atom stereocenters. The van der Waals surface area contributed by atoms with E-state index in [0.29, 0.717) is 11.1 Å². The second-order valence-electron chi connectivity index (χ2n) is 11.3. The molecule has 5 rings (SSSR count). The smallest absolute Gasteiger partial charge is 0.421 e. The van der Waals surface area contributed by atoms with Crippen molar-refractivity contribution in [2.75, 3.05) is 4.90 Å². The maximum atomic E-state index is 14.7. The molecule has 11 heteroatoms. The molecule has 43 heavy (non-hydrogen) atoms. The van der Waals surface area contributed by atoms with Crippen molar-refractivity contribution < 1.29 is 24.5 Å². The lowest BCUT2D eigenvalue weighted by atomic mass is 9.71. The molecule has 1 fully saturated rings. The summed E-state index contributed by atoms with van der Waals surface area (Å²) in [7, 11) is 0. The molecule has 0 saturated carbocycles. The maximum Gasteiger partial charge on any atom is 0.421 e. The largest absolute Gasteiger partial charge is 0.443 e. The molecule has 1 saturated heterocycles. The SMILES string of the molecule is CC(C)(C)OC(=O)N1C(=O)[C@@]2(c3ccccc31)[C@H](C=C(C#N)C#N)[C@@H](c1cccc([N+](=O)[O-])c1)[C@H](c1ccccc1)N2O. The lowest BCUT2D eigenvalue weighted by molar-refractivity contribution is -0.384. The van der Waals surface area contributed by atoms with Crippen LogP contribution >= 0.6 is 0 Å². The fourth-order valence-corrected chi connectivity index (χ4v) is 6.14. The number of allylic oxidation sites excluding steroid dienone is 1. The van der Waals surface area contributed by atoms with Crippen molar-refractivity contribution in [3.05, 3.63) is 117 Å². The van der Waals surface area contributed by atoms with Gasteiger partial charge < -0.3 is 9.94 Å². The number of anilines is 1. The fraction of sp³-hybridized carbons (Fsp3) is 0.250. The molecule has 2 amide bonds. The minimum atomic E-state index is -2.03. The van der Waals surface area contributed by atoms with E-state index < -0.39 is 45.9 Å². The molecule has 11 nitrogen and oxygen atoms in total. The number of hydrogen-bond acceptors (Lipinski definition) is 9. The number of non-ortho nitro benzene ring substituents is 1. The van der Waals surface area contributed by atoms with Crippen LogP contribution in [0.4, 0.5) is 16.2 Å². The number of ether oxygens (including phenoxy) is 1. The first-order chi connectivity index (χ1) is 20.4. The Kier molecular flexibility index (Phi) is 7.32. The van der Waals surface area contributed by atoms with Crippen LogP contribution in [-0.4, -0.2) is 32.8 Å². The summed E-state index contributed by atoms with van der Waals surface area (Å²) in [5.74, 6) is -2.91. The van der Waals surface area contributed by atoms with E-state index in [2.05, 4.69) is 0 Å². The van der Waals surface area contributed by atoms with Gasteiger partial charge in [-0.2, -0.15) is 15.6 Å². The van der Waals surface area contributed by atoms with Crippen LogP contribution in [0.25, 0.3) is 0 Å². The van der Waals surface area contributed by atoms with Gasteiger partial charge in [0.05, 0.1) is 16.7 Å². The number of nitriles is 2. The molecule has 0 aromatic heterocycles. The number of rotatable bonds is 4. The topological polar surface area (TPSA) is 161 Å². The number of imide groups is 1. The molecule has 4 atom stereocenters. The normalized spacial score (nSPS) is 22.9. The van der Waals surface area contributed by atoms with Gasteiger partial charge in [0.15, 0.2) is 5.54 Å². The summed E-state index contributed by atoms with van der Waals surface area (Å²) < 4.78 is 5.58. The van der Waals surface area contributed by atoms with E-state index in [-0.39, 0.29) is 22.5 Å². The van der Waals surface area contributed by atoms with Crippen molar-refractivity contribution in [1.82, 2.24) is 5.06 Å². The van der Waals surface area contributed by atoms with Gasteiger partial charge in [-0.15, -0.1) is 0 Å². The Morgan fingerprint density at radius 3 is 2.28 bits per heavy atom. The number of nitrogens with zero attached hydrogens (tertiary/aromatic N) is 5. The third kappa shape index (κ3) is 4.71. The van der Waals surface area contributed by atoms with Crippen LogP contribution in [0.5, 0.6) is 0 Å². The number of amides is 2. The minimum absolute atomic E-state index is 0.168. The van der Waals surface area contributed by atoms with E-state index in [4.69, 9.17) is 4.74 Å². The first-order valence-corrected chi connectivity index (χ1v) is 13.4. The van der Waals surface area contributed by atoms with Crippen molar-refractivity contribution >= 4 is 23.4 Å². The number of carbonyl (C=O) groups excluding carboxylic acids is 2. The van der Waals surface area contributed by atoms with Gasteiger partial charge in [0.1, 0.15) is 23.3 Å². The molecule has 216 valence electrons. The molecule has 1 N–H and O–H groups in total. The highest BCUT2D eigenvalue weighted by Gasteiger charge is 2.69. The maximum absolute atomic E-state index is 14.7. The molecule has 3 aromatic rings. The number of benzene rings is 3. The van der Waals surface area contributed by atoms with Gasteiger partial charge >= 0.3 is 6.09 Å². The highest BCUT2D eigenvalue weighted by atomic mass is 16.6. The quantitative estimate of drug-likeness (QED) is 0.226. The number of hydrogen-bond donors (Lipinski definition) is 1. The third-order valence-electron chi connectivity index (χ3n) is 7.69. The van der Waals surface area contributed by atoms with E-state index >= 15 is 0 Å².